The van der Waals surface area contributed by atoms with Gasteiger partial charge >= 0.3 is 5.97 Å². The SMILES string of the molecule is CCCCC/C=C\CC(=O)/C=C\C=C\C/C=C\CCCC(=O)O. The molecule has 0 radical (unpaired) electrons. The Morgan fingerprint density at radius 1 is 0.870 bits per heavy atom. The minimum absolute atomic E-state index is 0.116. The lowest BCUT2D eigenvalue weighted by Crippen LogP contribution is -1.92. The second-order valence-electron chi connectivity index (χ2n) is 5.42. The van der Waals surface area contributed by atoms with Gasteiger partial charge in [0, 0.05) is 12.8 Å². The number of ketones is 1. The van der Waals surface area contributed by atoms with Crippen LogP contribution in [0.1, 0.15) is 64.7 Å². The first kappa shape index (κ1) is 21.1. The number of unbranched alkanes of at least 4 members (excludes halogenated alkanes) is 4. The zero-order chi connectivity index (χ0) is 17.2. The average molecular weight is 318 g/mol. The van der Waals surface area contributed by atoms with Crippen molar-refractivity contribution < 1.29 is 14.7 Å². The average Bonchev–Trinajstić information content (AvgIpc) is 2.52. The van der Waals surface area contributed by atoms with E-state index in [0.717, 1.165) is 19.3 Å². The van der Waals surface area contributed by atoms with Crippen LogP contribution in [0.4, 0.5) is 0 Å². The number of carboxylic acids is 1. The van der Waals surface area contributed by atoms with E-state index < -0.39 is 5.97 Å². The summed E-state index contributed by atoms with van der Waals surface area (Å²) in [4.78, 5) is 21.9. The van der Waals surface area contributed by atoms with Gasteiger partial charge in [0.25, 0.3) is 0 Å². The number of rotatable bonds is 14. The molecular weight excluding hydrogens is 288 g/mol. The van der Waals surface area contributed by atoms with E-state index in [4.69, 9.17) is 5.11 Å². The zero-order valence-electron chi connectivity index (χ0n) is 14.2. The Kier molecular flexibility index (Phi) is 15.1. The third-order valence-corrected chi connectivity index (χ3v) is 3.19. The highest BCUT2D eigenvalue weighted by Gasteiger charge is 1.92. The summed E-state index contributed by atoms with van der Waals surface area (Å²) in [5.41, 5.74) is 0. The van der Waals surface area contributed by atoms with Crippen LogP contribution in [0.5, 0.6) is 0 Å². The maximum absolute atomic E-state index is 11.6. The molecular formula is C20H30O3. The highest BCUT2D eigenvalue weighted by atomic mass is 16.4. The lowest BCUT2D eigenvalue weighted by molar-refractivity contribution is -0.137. The van der Waals surface area contributed by atoms with E-state index in [1.807, 2.05) is 30.4 Å². The van der Waals surface area contributed by atoms with Gasteiger partial charge in [-0.3, -0.25) is 9.59 Å². The molecule has 3 nitrogen and oxygen atoms in total. The molecule has 128 valence electrons. The Morgan fingerprint density at radius 3 is 2.35 bits per heavy atom. The molecule has 0 heterocycles. The predicted octanol–water partition coefficient (Wildman–Crippen LogP) is 5.40. The predicted molar refractivity (Wildman–Crippen MR) is 96.4 cm³/mol. The molecule has 0 bridgehead atoms. The summed E-state index contributed by atoms with van der Waals surface area (Å²) in [6.07, 6.45) is 22.9. The second kappa shape index (κ2) is 16.5. The van der Waals surface area contributed by atoms with Gasteiger partial charge in [-0.15, -0.1) is 0 Å². The van der Waals surface area contributed by atoms with Crippen molar-refractivity contribution >= 4 is 11.8 Å². The molecule has 0 aromatic rings. The first-order valence-corrected chi connectivity index (χ1v) is 8.54. The van der Waals surface area contributed by atoms with Crippen LogP contribution in [0, 0.1) is 0 Å². The second-order valence-corrected chi connectivity index (χ2v) is 5.42. The summed E-state index contributed by atoms with van der Waals surface area (Å²) < 4.78 is 0. The normalized spacial score (nSPS) is 12.2. The van der Waals surface area contributed by atoms with Gasteiger partial charge < -0.3 is 5.11 Å². The Morgan fingerprint density at radius 2 is 1.61 bits per heavy atom. The molecule has 0 aliphatic heterocycles. The van der Waals surface area contributed by atoms with E-state index in [1.54, 1.807) is 12.2 Å². The summed E-state index contributed by atoms with van der Waals surface area (Å²) in [6.45, 7) is 2.18. The monoisotopic (exact) mass is 318 g/mol. The van der Waals surface area contributed by atoms with Gasteiger partial charge in [0.2, 0.25) is 0 Å². The Hall–Kier alpha value is -1.90. The molecule has 0 aliphatic carbocycles. The van der Waals surface area contributed by atoms with E-state index in [0.29, 0.717) is 12.8 Å². The number of hydrogen-bond acceptors (Lipinski definition) is 2. The topological polar surface area (TPSA) is 54.4 Å². The van der Waals surface area contributed by atoms with Crippen molar-refractivity contribution in [3.8, 4) is 0 Å². The minimum Gasteiger partial charge on any atom is -0.481 e. The van der Waals surface area contributed by atoms with E-state index >= 15 is 0 Å². The quantitative estimate of drug-likeness (QED) is 0.202. The van der Waals surface area contributed by atoms with Gasteiger partial charge in [-0.2, -0.15) is 0 Å². The first-order valence-electron chi connectivity index (χ1n) is 8.54. The lowest BCUT2D eigenvalue weighted by Gasteiger charge is -1.91. The lowest BCUT2D eigenvalue weighted by atomic mass is 10.1. The minimum atomic E-state index is -0.746. The molecule has 0 aliphatic rings. The molecule has 0 spiro atoms. The Bertz CT molecular complexity index is 428. The molecule has 0 unspecified atom stereocenters. The van der Waals surface area contributed by atoms with E-state index in [1.165, 1.54) is 19.3 Å². The van der Waals surface area contributed by atoms with Crippen molar-refractivity contribution in [3.63, 3.8) is 0 Å². The molecule has 1 N–H and O–H groups in total. The first-order chi connectivity index (χ1) is 11.2. The number of carboxylic acid groups (broad SMARTS) is 1. The van der Waals surface area contributed by atoms with Gasteiger partial charge in [0.15, 0.2) is 5.78 Å². The molecule has 0 aromatic carbocycles. The van der Waals surface area contributed by atoms with Crippen molar-refractivity contribution in [2.75, 3.05) is 0 Å². The van der Waals surface area contributed by atoms with Gasteiger partial charge in [-0.25, -0.2) is 0 Å². The molecule has 0 atom stereocenters. The smallest absolute Gasteiger partial charge is 0.303 e. The highest BCUT2D eigenvalue weighted by Crippen LogP contribution is 2.01. The van der Waals surface area contributed by atoms with Gasteiger partial charge in [-0.1, -0.05) is 62.3 Å². The van der Waals surface area contributed by atoms with Gasteiger partial charge in [0.05, 0.1) is 0 Å². The van der Waals surface area contributed by atoms with Crippen LogP contribution in [-0.4, -0.2) is 16.9 Å². The molecule has 0 saturated carbocycles. The van der Waals surface area contributed by atoms with E-state index in [9.17, 15) is 9.59 Å². The summed E-state index contributed by atoms with van der Waals surface area (Å²) in [6, 6.07) is 0. The number of carbonyl (C=O) groups excluding carboxylic acids is 1. The fourth-order valence-electron chi connectivity index (χ4n) is 1.88. The van der Waals surface area contributed by atoms with E-state index in [-0.39, 0.29) is 12.2 Å². The van der Waals surface area contributed by atoms with Crippen LogP contribution in [0.25, 0.3) is 0 Å². The van der Waals surface area contributed by atoms with E-state index in [2.05, 4.69) is 13.0 Å². The van der Waals surface area contributed by atoms with Crippen LogP contribution in [0.3, 0.4) is 0 Å². The van der Waals surface area contributed by atoms with Gasteiger partial charge in [-0.05, 0) is 38.2 Å². The van der Waals surface area contributed by atoms with Gasteiger partial charge in [0.1, 0.15) is 0 Å². The maximum Gasteiger partial charge on any atom is 0.303 e. The largest absolute Gasteiger partial charge is 0.481 e. The molecule has 0 rings (SSSR count). The fraction of sp³-hybridized carbons (Fsp3) is 0.500. The van der Waals surface area contributed by atoms with Crippen LogP contribution in [-0.2, 0) is 9.59 Å². The standard InChI is InChI=1S/C20H30O3/c1-2-3-4-5-10-13-16-19(21)17-14-11-8-6-7-9-12-15-18-20(22)23/h7-11,13-14,17H,2-6,12,15-16,18H2,1H3,(H,22,23)/b9-7-,11-8+,13-10-,17-14-. The Labute approximate surface area is 140 Å². The highest BCUT2D eigenvalue weighted by molar-refractivity contribution is 5.90. The van der Waals surface area contributed by atoms with Crippen LogP contribution < -0.4 is 0 Å². The van der Waals surface area contributed by atoms with Crippen molar-refractivity contribution in [1.29, 1.82) is 0 Å². The number of allylic oxidation sites excluding steroid dienone is 8. The fourth-order valence-corrected chi connectivity index (χ4v) is 1.88. The van der Waals surface area contributed by atoms with Crippen LogP contribution in [0.15, 0.2) is 48.6 Å². The summed E-state index contributed by atoms with van der Waals surface area (Å²) >= 11 is 0. The molecule has 0 aromatic heterocycles. The molecule has 0 amide bonds. The summed E-state index contributed by atoms with van der Waals surface area (Å²) in [5.74, 6) is -0.630. The van der Waals surface area contributed by atoms with Crippen LogP contribution in [0.2, 0.25) is 0 Å². The summed E-state index contributed by atoms with van der Waals surface area (Å²) in [5, 5.41) is 8.49. The van der Waals surface area contributed by atoms with Crippen molar-refractivity contribution in [2.45, 2.75) is 64.7 Å². The maximum atomic E-state index is 11.6. The Balaban J connectivity index is 3.64. The van der Waals surface area contributed by atoms with Crippen molar-refractivity contribution in [2.24, 2.45) is 0 Å². The van der Waals surface area contributed by atoms with Crippen molar-refractivity contribution in [1.82, 2.24) is 0 Å². The van der Waals surface area contributed by atoms with Crippen molar-refractivity contribution in [3.05, 3.63) is 48.6 Å². The third-order valence-electron chi connectivity index (χ3n) is 3.19. The number of aliphatic carboxylic acids is 1. The zero-order valence-corrected chi connectivity index (χ0v) is 14.2. The molecule has 3 heteroatoms. The molecule has 0 fully saturated rings. The third kappa shape index (κ3) is 18.1. The molecule has 23 heavy (non-hydrogen) atoms. The number of hydrogen-bond donors (Lipinski definition) is 1. The van der Waals surface area contributed by atoms with Crippen LogP contribution >= 0.6 is 0 Å². The number of carbonyl (C=O) groups is 2. The summed E-state index contributed by atoms with van der Waals surface area (Å²) in [7, 11) is 0. The molecule has 0 saturated heterocycles.